The van der Waals surface area contributed by atoms with Crippen LogP contribution in [0.3, 0.4) is 0 Å². The van der Waals surface area contributed by atoms with E-state index in [0.717, 1.165) is 18.1 Å². The second-order valence-corrected chi connectivity index (χ2v) is 8.02. The van der Waals surface area contributed by atoms with Gasteiger partial charge in [-0.3, -0.25) is 0 Å². The standard InChI is InChI=1S/C21H29ClN2/c1-16(2)24(15-17-9-7-6-8-10-17)20-12-11-19(22)13-18(20)14-23-21(3,4)5/h6-13,16,23H,14-15H2,1-5H3. The molecule has 0 atom stereocenters. The molecule has 0 radical (unpaired) electrons. The summed E-state index contributed by atoms with van der Waals surface area (Å²) in [5.74, 6) is 0. The van der Waals surface area contributed by atoms with E-state index in [1.807, 2.05) is 6.07 Å². The Morgan fingerprint density at radius 1 is 1.04 bits per heavy atom. The molecule has 24 heavy (non-hydrogen) atoms. The van der Waals surface area contributed by atoms with Gasteiger partial charge in [0, 0.05) is 35.4 Å². The molecular weight excluding hydrogens is 316 g/mol. The second-order valence-electron chi connectivity index (χ2n) is 7.58. The summed E-state index contributed by atoms with van der Waals surface area (Å²) < 4.78 is 0. The minimum Gasteiger partial charge on any atom is -0.365 e. The maximum absolute atomic E-state index is 6.26. The largest absolute Gasteiger partial charge is 0.365 e. The number of rotatable bonds is 6. The van der Waals surface area contributed by atoms with E-state index in [-0.39, 0.29) is 5.54 Å². The molecule has 2 nitrogen and oxygen atoms in total. The lowest BCUT2D eigenvalue weighted by Crippen LogP contribution is -2.36. The van der Waals surface area contributed by atoms with Gasteiger partial charge in [-0.1, -0.05) is 41.9 Å². The lowest BCUT2D eigenvalue weighted by atomic mass is 10.1. The van der Waals surface area contributed by atoms with Gasteiger partial charge in [0.1, 0.15) is 0 Å². The summed E-state index contributed by atoms with van der Waals surface area (Å²) in [6.07, 6.45) is 0. The Morgan fingerprint density at radius 2 is 1.71 bits per heavy atom. The zero-order chi connectivity index (χ0) is 17.7. The zero-order valence-electron chi connectivity index (χ0n) is 15.4. The van der Waals surface area contributed by atoms with E-state index < -0.39 is 0 Å². The molecule has 0 aliphatic heterocycles. The molecule has 2 aromatic carbocycles. The van der Waals surface area contributed by atoms with Crippen molar-refractivity contribution in [3.8, 4) is 0 Å². The SMILES string of the molecule is CC(C)N(Cc1ccccc1)c1ccc(Cl)cc1CNC(C)(C)C. The Balaban J connectivity index is 2.31. The molecule has 0 saturated carbocycles. The quantitative estimate of drug-likeness (QED) is 0.729. The van der Waals surface area contributed by atoms with Crippen LogP contribution >= 0.6 is 11.6 Å². The molecule has 0 saturated heterocycles. The van der Waals surface area contributed by atoms with Gasteiger partial charge in [-0.2, -0.15) is 0 Å². The average molecular weight is 345 g/mol. The smallest absolute Gasteiger partial charge is 0.0432 e. The molecule has 1 N–H and O–H groups in total. The van der Waals surface area contributed by atoms with Crippen molar-refractivity contribution in [2.75, 3.05) is 4.90 Å². The molecule has 0 aliphatic carbocycles. The number of nitrogens with one attached hydrogen (secondary N) is 1. The van der Waals surface area contributed by atoms with Gasteiger partial charge in [-0.25, -0.2) is 0 Å². The second kappa shape index (κ2) is 8.04. The molecule has 2 aromatic rings. The Bertz CT molecular complexity index is 645. The van der Waals surface area contributed by atoms with Crippen molar-refractivity contribution in [1.82, 2.24) is 5.32 Å². The average Bonchev–Trinajstić information content (AvgIpc) is 2.51. The van der Waals surface area contributed by atoms with Crippen LogP contribution in [0.1, 0.15) is 45.7 Å². The van der Waals surface area contributed by atoms with E-state index in [2.05, 4.69) is 87.3 Å². The molecule has 0 spiro atoms. The summed E-state index contributed by atoms with van der Waals surface area (Å²) in [6, 6.07) is 17.2. The first kappa shape index (κ1) is 18.8. The minimum absolute atomic E-state index is 0.0711. The molecule has 0 bridgehead atoms. The monoisotopic (exact) mass is 344 g/mol. The van der Waals surface area contributed by atoms with Gasteiger partial charge in [0.2, 0.25) is 0 Å². The fourth-order valence-corrected chi connectivity index (χ4v) is 2.86. The van der Waals surface area contributed by atoms with Crippen LogP contribution < -0.4 is 10.2 Å². The molecule has 0 unspecified atom stereocenters. The van der Waals surface area contributed by atoms with Crippen LogP contribution in [0.5, 0.6) is 0 Å². The lowest BCUT2D eigenvalue weighted by Gasteiger charge is -2.32. The maximum atomic E-state index is 6.26. The normalized spacial score (nSPS) is 11.8. The van der Waals surface area contributed by atoms with Crippen LogP contribution in [0.4, 0.5) is 5.69 Å². The predicted molar refractivity (Wildman–Crippen MR) is 106 cm³/mol. The van der Waals surface area contributed by atoms with Crippen molar-refractivity contribution >= 4 is 17.3 Å². The number of benzene rings is 2. The molecule has 0 aliphatic rings. The van der Waals surface area contributed by atoms with Gasteiger partial charge < -0.3 is 10.2 Å². The molecule has 0 aromatic heterocycles. The van der Waals surface area contributed by atoms with Crippen LogP contribution in [0.2, 0.25) is 5.02 Å². The van der Waals surface area contributed by atoms with Gasteiger partial charge >= 0.3 is 0 Å². The summed E-state index contributed by atoms with van der Waals surface area (Å²) >= 11 is 6.26. The fourth-order valence-electron chi connectivity index (χ4n) is 2.66. The van der Waals surface area contributed by atoms with E-state index in [0.29, 0.717) is 6.04 Å². The highest BCUT2D eigenvalue weighted by molar-refractivity contribution is 6.30. The van der Waals surface area contributed by atoms with Crippen LogP contribution in [-0.4, -0.2) is 11.6 Å². The van der Waals surface area contributed by atoms with Gasteiger partial charge in [-0.15, -0.1) is 0 Å². The Hall–Kier alpha value is -1.51. The van der Waals surface area contributed by atoms with Crippen molar-refractivity contribution < 1.29 is 0 Å². The zero-order valence-corrected chi connectivity index (χ0v) is 16.2. The van der Waals surface area contributed by atoms with Crippen LogP contribution in [0.15, 0.2) is 48.5 Å². The van der Waals surface area contributed by atoms with Crippen LogP contribution in [0, 0.1) is 0 Å². The van der Waals surface area contributed by atoms with Crippen molar-refractivity contribution in [3.63, 3.8) is 0 Å². The fraction of sp³-hybridized carbons (Fsp3) is 0.429. The van der Waals surface area contributed by atoms with Gasteiger partial charge in [0.25, 0.3) is 0 Å². The summed E-state index contributed by atoms with van der Waals surface area (Å²) in [4.78, 5) is 2.44. The van der Waals surface area contributed by atoms with Crippen molar-refractivity contribution in [2.45, 2.75) is 59.3 Å². The van der Waals surface area contributed by atoms with Crippen molar-refractivity contribution in [2.24, 2.45) is 0 Å². The first-order valence-electron chi connectivity index (χ1n) is 8.60. The number of hydrogen-bond donors (Lipinski definition) is 1. The summed E-state index contributed by atoms with van der Waals surface area (Å²) in [5, 5.41) is 4.36. The van der Waals surface area contributed by atoms with Crippen molar-refractivity contribution in [3.05, 3.63) is 64.7 Å². The Labute approximate surface area is 151 Å². The van der Waals surface area contributed by atoms with E-state index >= 15 is 0 Å². The Kier molecular flexibility index (Phi) is 6.31. The highest BCUT2D eigenvalue weighted by atomic mass is 35.5. The van der Waals surface area contributed by atoms with E-state index in [9.17, 15) is 0 Å². The highest BCUT2D eigenvalue weighted by Gasteiger charge is 2.17. The molecule has 0 heterocycles. The third kappa shape index (κ3) is 5.54. The third-order valence-electron chi connectivity index (χ3n) is 3.98. The molecular formula is C21H29ClN2. The Morgan fingerprint density at radius 3 is 2.29 bits per heavy atom. The van der Waals surface area contributed by atoms with Gasteiger partial charge in [-0.05, 0) is 63.9 Å². The predicted octanol–water partition coefficient (Wildman–Crippen LogP) is 5.64. The number of nitrogens with zero attached hydrogens (tertiary/aromatic N) is 1. The first-order chi connectivity index (χ1) is 11.3. The number of hydrogen-bond acceptors (Lipinski definition) is 2. The van der Waals surface area contributed by atoms with E-state index in [1.54, 1.807) is 0 Å². The third-order valence-corrected chi connectivity index (χ3v) is 4.21. The highest BCUT2D eigenvalue weighted by Crippen LogP contribution is 2.28. The van der Waals surface area contributed by atoms with E-state index in [1.165, 1.54) is 16.8 Å². The van der Waals surface area contributed by atoms with Crippen LogP contribution in [0.25, 0.3) is 0 Å². The first-order valence-corrected chi connectivity index (χ1v) is 8.98. The molecule has 2 rings (SSSR count). The van der Waals surface area contributed by atoms with Gasteiger partial charge in [0.05, 0.1) is 0 Å². The maximum Gasteiger partial charge on any atom is 0.0432 e. The molecule has 0 fully saturated rings. The molecule has 0 amide bonds. The molecule has 3 heteroatoms. The summed E-state index contributed by atoms with van der Waals surface area (Å²) in [5.41, 5.74) is 3.87. The van der Waals surface area contributed by atoms with Crippen LogP contribution in [-0.2, 0) is 13.1 Å². The van der Waals surface area contributed by atoms with Gasteiger partial charge in [0.15, 0.2) is 0 Å². The topological polar surface area (TPSA) is 15.3 Å². The minimum atomic E-state index is 0.0711. The summed E-state index contributed by atoms with van der Waals surface area (Å²) in [6.45, 7) is 12.7. The van der Waals surface area contributed by atoms with Crippen molar-refractivity contribution in [1.29, 1.82) is 0 Å². The summed E-state index contributed by atoms with van der Waals surface area (Å²) in [7, 11) is 0. The number of anilines is 1. The lowest BCUT2D eigenvalue weighted by molar-refractivity contribution is 0.424. The van der Waals surface area contributed by atoms with E-state index in [4.69, 9.17) is 11.6 Å². The number of halogens is 1. The molecule has 130 valence electrons.